The van der Waals surface area contributed by atoms with E-state index in [0.29, 0.717) is 13.0 Å². The number of amides is 1. The molecule has 1 aliphatic heterocycles. The lowest BCUT2D eigenvalue weighted by Crippen LogP contribution is -2.44. The molecule has 0 aromatic carbocycles. The average Bonchev–Trinajstić information content (AvgIpc) is 2.56. The lowest BCUT2D eigenvalue weighted by Gasteiger charge is -2.27. The minimum atomic E-state index is -0.634. The van der Waals surface area contributed by atoms with Gasteiger partial charge in [0.05, 0.1) is 7.11 Å². The molecule has 6 heteroatoms. The molecule has 0 spiro atoms. The fourth-order valence-corrected chi connectivity index (χ4v) is 1.75. The zero-order valence-corrected chi connectivity index (χ0v) is 10.7. The molecule has 2 N–H and O–H groups in total. The zero-order valence-electron chi connectivity index (χ0n) is 10.7. The maximum Gasteiger partial charge on any atom is 0.411 e. The third kappa shape index (κ3) is 3.59. The summed E-state index contributed by atoms with van der Waals surface area (Å²) in [4.78, 5) is 24.7. The van der Waals surface area contributed by atoms with Crippen LogP contribution in [-0.2, 0) is 14.3 Å². The summed E-state index contributed by atoms with van der Waals surface area (Å²) in [5.41, 5.74) is 5.16. The maximum absolute atomic E-state index is 11.9. The van der Waals surface area contributed by atoms with Crippen LogP contribution in [0.4, 0.5) is 4.79 Å². The van der Waals surface area contributed by atoms with E-state index in [2.05, 4.69) is 4.74 Å². The maximum atomic E-state index is 11.9. The highest BCUT2D eigenvalue weighted by Crippen LogP contribution is 2.21. The Morgan fingerprint density at radius 1 is 1.35 bits per heavy atom. The van der Waals surface area contributed by atoms with Crippen molar-refractivity contribution in [2.45, 2.75) is 44.9 Å². The summed E-state index contributed by atoms with van der Waals surface area (Å²) in [5.74, 6) is -0.455. The molecule has 2 atom stereocenters. The number of likely N-dealkylation sites (tertiary alicyclic amines) is 1. The van der Waals surface area contributed by atoms with Gasteiger partial charge in [-0.2, -0.15) is 0 Å². The number of nitrogens with zero attached hydrogens (tertiary/aromatic N) is 1. The third-order valence-electron chi connectivity index (χ3n) is 2.43. The summed E-state index contributed by atoms with van der Waals surface area (Å²) in [5, 5.41) is 0. The Morgan fingerprint density at radius 2 is 1.94 bits per heavy atom. The van der Waals surface area contributed by atoms with Crippen LogP contribution in [0.5, 0.6) is 0 Å². The highest BCUT2D eigenvalue weighted by atomic mass is 16.6. The summed E-state index contributed by atoms with van der Waals surface area (Å²) in [6, 6.07) is -0.850. The van der Waals surface area contributed by atoms with Gasteiger partial charge in [-0.3, -0.25) is 4.90 Å². The van der Waals surface area contributed by atoms with Crippen LogP contribution in [0.1, 0.15) is 27.2 Å². The van der Waals surface area contributed by atoms with Gasteiger partial charge in [-0.05, 0) is 27.2 Å². The lowest BCUT2D eigenvalue weighted by molar-refractivity contribution is -0.145. The Kier molecular flexibility index (Phi) is 3.98. The number of esters is 1. The van der Waals surface area contributed by atoms with Gasteiger partial charge < -0.3 is 15.2 Å². The highest BCUT2D eigenvalue weighted by molar-refractivity contribution is 5.82. The van der Waals surface area contributed by atoms with Crippen LogP contribution in [0.2, 0.25) is 0 Å². The Morgan fingerprint density at radius 3 is 2.41 bits per heavy atom. The van der Waals surface area contributed by atoms with Gasteiger partial charge in [-0.1, -0.05) is 0 Å². The molecule has 1 aliphatic rings. The molecule has 98 valence electrons. The fraction of sp³-hybridized carbons (Fsp3) is 0.818. The molecule has 1 fully saturated rings. The Hall–Kier alpha value is -1.30. The van der Waals surface area contributed by atoms with Crippen molar-refractivity contribution in [1.82, 2.24) is 4.90 Å². The molecule has 0 radical (unpaired) electrons. The fourth-order valence-electron chi connectivity index (χ4n) is 1.75. The van der Waals surface area contributed by atoms with Gasteiger partial charge in [0.1, 0.15) is 11.6 Å². The van der Waals surface area contributed by atoms with Gasteiger partial charge in [0.25, 0.3) is 0 Å². The van der Waals surface area contributed by atoms with Gasteiger partial charge >= 0.3 is 12.1 Å². The number of carbonyl (C=O) groups excluding carboxylic acids is 2. The van der Waals surface area contributed by atoms with E-state index in [-0.39, 0.29) is 6.04 Å². The standard InChI is InChI=1S/C11H20N2O4/c1-11(2,3)17-10(15)13-6-7(12)5-8(13)9(14)16-4/h7-8H,5-6,12H2,1-4H3/t7?,8-/m1/s1. The smallest absolute Gasteiger partial charge is 0.411 e. The van der Waals surface area contributed by atoms with E-state index in [0.717, 1.165) is 0 Å². The first-order valence-corrected chi connectivity index (χ1v) is 5.57. The number of carbonyl (C=O) groups is 2. The lowest BCUT2D eigenvalue weighted by atomic mass is 10.2. The molecular weight excluding hydrogens is 224 g/mol. The minimum Gasteiger partial charge on any atom is -0.467 e. The number of methoxy groups -OCH3 is 1. The molecule has 0 aromatic rings. The second-order valence-electron chi connectivity index (χ2n) is 5.17. The molecule has 1 rings (SSSR count). The number of hydrogen-bond acceptors (Lipinski definition) is 5. The molecule has 1 amide bonds. The van der Waals surface area contributed by atoms with Gasteiger partial charge in [-0.15, -0.1) is 0 Å². The van der Waals surface area contributed by atoms with E-state index in [1.807, 2.05) is 0 Å². The second kappa shape index (κ2) is 4.91. The molecule has 1 unspecified atom stereocenters. The van der Waals surface area contributed by atoms with Crippen molar-refractivity contribution in [3.8, 4) is 0 Å². The molecule has 0 saturated carbocycles. The molecule has 0 aromatic heterocycles. The second-order valence-corrected chi connectivity index (χ2v) is 5.17. The first kappa shape index (κ1) is 13.8. The quantitative estimate of drug-likeness (QED) is 0.679. The highest BCUT2D eigenvalue weighted by Gasteiger charge is 2.40. The topological polar surface area (TPSA) is 81.9 Å². The van der Waals surface area contributed by atoms with Gasteiger partial charge in [0.15, 0.2) is 0 Å². The molecule has 1 saturated heterocycles. The van der Waals surface area contributed by atoms with E-state index in [1.54, 1.807) is 20.8 Å². The predicted octanol–water partition coefficient (Wildman–Crippen LogP) is 0.496. The number of nitrogens with two attached hydrogens (primary N) is 1. The number of ether oxygens (including phenoxy) is 2. The van der Waals surface area contributed by atoms with Crippen LogP contribution < -0.4 is 5.73 Å². The first-order valence-electron chi connectivity index (χ1n) is 5.57. The van der Waals surface area contributed by atoms with Crippen LogP contribution >= 0.6 is 0 Å². The van der Waals surface area contributed by atoms with Crippen molar-refractivity contribution in [2.24, 2.45) is 5.73 Å². The van der Waals surface area contributed by atoms with Crippen molar-refractivity contribution in [2.75, 3.05) is 13.7 Å². The summed E-state index contributed by atoms with van der Waals surface area (Å²) in [7, 11) is 1.29. The van der Waals surface area contributed by atoms with Crippen molar-refractivity contribution in [3.63, 3.8) is 0 Å². The SMILES string of the molecule is COC(=O)[C@H]1CC(N)CN1C(=O)OC(C)(C)C. The summed E-state index contributed by atoms with van der Waals surface area (Å²) < 4.78 is 9.87. The first-order chi connectivity index (χ1) is 7.74. The van der Waals surface area contributed by atoms with Crippen LogP contribution in [0.25, 0.3) is 0 Å². The van der Waals surface area contributed by atoms with E-state index < -0.39 is 23.7 Å². The minimum absolute atomic E-state index is 0.216. The average molecular weight is 244 g/mol. The van der Waals surface area contributed by atoms with Gasteiger partial charge in [0.2, 0.25) is 0 Å². The molecule has 17 heavy (non-hydrogen) atoms. The number of rotatable bonds is 1. The monoisotopic (exact) mass is 244 g/mol. The molecule has 0 bridgehead atoms. The predicted molar refractivity (Wildman–Crippen MR) is 61.3 cm³/mol. The molecule has 0 aliphatic carbocycles. The van der Waals surface area contributed by atoms with Crippen LogP contribution in [0, 0.1) is 0 Å². The van der Waals surface area contributed by atoms with Crippen molar-refractivity contribution in [1.29, 1.82) is 0 Å². The van der Waals surface area contributed by atoms with Crippen molar-refractivity contribution in [3.05, 3.63) is 0 Å². The Balaban J connectivity index is 2.73. The Bertz CT molecular complexity index is 311. The van der Waals surface area contributed by atoms with E-state index >= 15 is 0 Å². The van der Waals surface area contributed by atoms with Crippen LogP contribution in [0.3, 0.4) is 0 Å². The normalized spacial score (nSPS) is 24.6. The van der Waals surface area contributed by atoms with Gasteiger partial charge in [-0.25, -0.2) is 9.59 Å². The van der Waals surface area contributed by atoms with E-state index in [9.17, 15) is 9.59 Å². The largest absolute Gasteiger partial charge is 0.467 e. The third-order valence-corrected chi connectivity index (χ3v) is 2.43. The molecule has 6 nitrogen and oxygen atoms in total. The summed E-state index contributed by atoms with van der Waals surface area (Å²) >= 11 is 0. The number of hydrogen-bond donors (Lipinski definition) is 1. The molecular formula is C11H20N2O4. The van der Waals surface area contributed by atoms with Crippen molar-refractivity contribution < 1.29 is 19.1 Å². The van der Waals surface area contributed by atoms with E-state index in [4.69, 9.17) is 10.5 Å². The summed E-state index contributed by atoms with van der Waals surface area (Å²) in [6.45, 7) is 5.63. The summed E-state index contributed by atoms with van der Waals surface area (Å²) in [6.07, 6.45) is -0.118. The van der Waals surface area contributed by atoms with Crippen LogP contribution in [-0.4, -0.2) is 48.3 Å². The van der Waals surface area contributed by atoms with E-state index in [1.165, 1.54) is 12.0 Å². The van der Waals surface area contributed by atoms with Crippen molar-refractivity contribution >= 4 is 12.1 Å². The molecule has 1 heterocycles. The van der Waals surface area contributed by atoms with Crippen LogP contribution in [0.15, 0.2) is 0 Å². The Labute approximate surface area is 101 Å². The van der Waals surface area contributed by atoms with Gasteiger partial charge in [0, 0.05) is 12.6 Å². The zero-order chi connectivity index (χ0) is 13.2.